The first-order chi connectivity index (χ1) is 16.9. The number of nitrogen functional groups attached to an aromatic ring is 1. The van der Waals surface area contributed by atoms with E-state index in [0.717, 1.165) is 16.2 Å². The van der Waals surface area contributed by atoms with E-state index < -0.39 is 40.8 Å². The zero-order valence-corrected chi connectivity index (χ0v) is 21.4. The van der Waals surface area contributed by atoms with E-state index in [1.54, 1.807) is 20.8 Å². The molecule has 36 heavy (non-hydrogen) atoms. The van der Waals surface area contributed by atoms with E-state index in [4.69, 9.17) is 15.3 Å². The molecule has 3 rings (SSSR count). The van der Waals surface area contributed by atoms with Gasteiger partial charge in [0.1, 0.15) is 35.0 Å². The lowest BCUT2D eigenvalue weighted by Crippen LogP contribution is -2.71. The Morgan fingerprint density at radius 1 is 1.42 bits per heavy atom. The Bertz CT molecular complexity index is 1180. The van der Waals surface area contributed by atoms with Gasteiger partial charge in [0.25, 0.3) is 11.8 Å². The largest absolute Gasteiger partial charge is 0.477 e. The Morgan fingerprint density at radius 2 is 2.14 bits per heavy atom. The van der Waals surface area contributed by atoms with Crippen LogP contribution < -0.4 is 11.1 Å². The monoisotopic (exact) mass is 535 g/mol. The molecule has 3 heterocycles. The number of nitrogens with zero attached hydrogens (tertiary/aromatic N) is 3. The molecule has 192 valence electrons. The van der Waals surface area contributed by atoms with Crippen molar-refractivity contribution in [3.8, 4) is 0 Å². The Balaban J connectivity index is 1.70. The van der Waals surface area contributed by atoms with Gasteiger partial charge in [0.2, 0.25) is 0 Å². The molecule has 0 bridgehead atoms. The molecule has 2 aliphatic rings. The van der Waals surface area contributed by atoms with Crippen LogP contribution in [0, 0.1) is 0 Å². The van der Waals surface area contributed by atoms with Gasteiger partial charge < -0.3 is 25.7 Å². The number of carbonyl (C=O) groups is 4. The van der Waals surface area contributed by atoms with Gasteiger partial charge in [-0.1, -0.05) is 17.8 Å². The van der Waals surface area contributed by atoms with Crippen molar-refractivity contribution in [1.82, 2.24) is 15.2 Å². The van der Waals surface area contributed by atoms with Crippen molar-refractivity contribution < 1.29 is 33.9 Å². The fourth-order valence-electron chi connectivity index (χ4n) is 3.24. The summed E-state index contributed by atoms with van der Waals surface area (Å²) in [6.07, 6.45) is 3.94. The van der Waals surface area contributed by atoms with Gasteiger partial charge in [-0.3, -0.25) is 14.5 Å². The second-order valence-electron chi connectivity index (χ2n) is 8.49. The third-order valence-electron chi connectivity index (χ3n) is 4.70. The minimum atomic E-state index is -1.25. The molecule has 1 fully saturated rings. The van der Waals surface area contributed by atoms with Crippen molar-refractivity contribution in [3.05, 3.63) is 47.2 Å². The lowest BCUT2D eigenvalue weighted by Gasteiger charge is -2.49. The van der Waals surface area contributed by atoms with Gasteiger partial charge in [-0.25, -0.2) is 14.6 Å². The molecule has 2 amide bonds. The molecular weight excluding hydrogens is 510 g/mol. The van der Waals surface area contributed by atoms with Crippen molar-refractivity contribution in [3.63, 3.8) is 0 Å². The minimum absolute atomic E-state index is 0.131. The highest BCUT2D eigenvalue weighted by Gasteiger charge is 2.54. The molecule has 0 spiro atoms. The smallest absolute Gasteiger partial charge is 0.352 e. The summed E-state index contributed by atoms with van der Waals surface area (Å²) in [6.45, 7) is 8.65. The third-order valence-corrected chi connectivity index (χ3v) is 6.68. The summed E-state index contributed by atoms with van der Waals surface area (Å²) in [4.78, 5) is 59.5. The number of fused-ring (bicyclic) bond motifs is 1. The van der Waals surface area contributed by atoms with Crippen molar-refractivity contribution in [1.29, 1.82) is 0 Å². The Hall–Kier alpha value is -3.65. The number of rotatable bonds is 9. The Labute approximate surface area is 214 Å². The molecule has 4 N–H and O–H groups in total. The van der Waals surface area contributed by atoms with Crippen LogP contribution in [0.5, 0.6) is 0 Å². The molecule has 0 aromatic carbocycles. The molecular formula is C22H25N5O7S2. The first kappa shape index (κ1) is 26.9. The van der Waals surface area contributed by atoms with Crippen LogP contribution in [0.1, 0.15) is 26.5 Å². The maximum absolute atomic E-state index is 13.0. The van der Waals surface area contributed by atoms with Crippen LogP contribution >= 0.6 is 23.1 Å². The molecule has 0 saturated carbocycles. The summed E-state index contributed by atoms with van der Waals surface area (Å²) >= 11 is 2.39. The molecule has 1 unspecified atom stereocenters. The number of nitrogens with one attached hydrogen (secondary N) is 1. The molecule has 2 aliphatic heterocycles. The van der Waals surface area contributed by atoms with Crippen molar-refractivity contribution in [2.45, 2.75) is 37.8 Å². The lowest BCUT2D eigenvalue weighted by molar-refractivity contribution is -0.150. The van der Waals surface area contributed by atoms with Crippen molar-refractivity contribution >= 4 is 57.7 Å². The van der Waals surface area contributed by atoms with Crippen LogP contribution in [0.2, 0.25) is 0 Å². The number of amides is 2. The minimum Gasteiger partial charge on any atom is -0.477 e. The number of esters is 1. The summed E-state index contributed by atoms with van der Waals surface area (Å²) in [5.74, 6) is -2.82. The van der Waals surface area contributed by atoms with Gasteiger partial charge in [0.15, 0.2) is 10.8 Å². The number of oxime groups is 1. The van der Waals surface area contributed by atoms with E-state index in [1.165, 1.54) is 35.4 Å². The molecule has 1 aromatic heterocycles. The molecule has 0 aliphatic carbocycles. The SMILES string of the molecule is C=CC1=C(C(=O)O)N2C(=O)C(NC(=O)/C(=N/OC/C=C/C(=O)OC(C)(C)C)c3csc(N)n3)[C@H]2SC1. The summed E-state index contributed by atoms with van der Waals surface area (Å²) in [7, 11) is 0. The normalized spacial score (nSPS) is 20.0. The van der Waals surface area contributed by atoms with Gasteiger partial charge in [0, 0.05) is 17.2 Å². The highest BCUT2D eigenvalue weighted by atomic mass is 32.2. The standard InChI is InChI=1S/C22H25N5O7S2/c1-5-11-9-35-19-15(18(30)27(19)16(11)20(31)32)25-17(29)14(12-10-36-21(23)24-12)26-33-8-6-7-13(28)34-22(2,3)4/h5-7,10,15,19H,1,8-9H2,2-4H3,(H2,23,24)(H,25,29)(H,31,32)/b7-6+,26-14+/t15?,19-/m1/s1. The second-order valence-corrected chi connectivity index (χ2v) is 10.5. The number of hydrogen-bond acceptors (Lipinski definition) is 11. The first-order valence-electron chi connectivity index (χ1n) is 10.6. The number of thiazole rings is 1. The van der Waals surface area contributed by atoms with Crippen LogP contribution in [0.15, 0.2) is 46.6 Å². The highest BCUT2D eigenvalue weighted by Crippen LogP contribution is 2.40. The number of anilines is 1. The average Bonchev–Trinajstić information content (AvgIpc) is 3.22. The maximum Gasteiger partial charge on any atom is 0.352 e. The number of carbonyl (C=O) groups excluding carboxylic acids is 3. The van der Waals surface area contributed by atoms with E-state index >= 15 is 0 Å². The zero-order chi connectivity index (χ0) is 26.6. The summed E-state index contributed by atoms with van der Waals surface area (Å²) < 4.78 is 5.14. The highest BCUT2D eigenvalue weighted by molar-refractivity contribution is 8.00. The van der Waals surface area contributed by atoms with E-state index in [0.29, 0.717) is 11.3 Å². The number of carboxylic acid groups (broad SMARTS) is 1. The van der Waals surface area contributed by atoms with Gasteiger partial charge in [-0.05, 0) is 32.4 Å². The van der Waals surface area contributed by atoms with Gasteiger partial charge >= 0.3 is 11.9 Å². The first-order valence-corrected chi connectivity index (χ1v) is 12.5. The Kier molecular flexibility index (Phi) is 8.20. The number of thioether (sulfide) groups is 1. The molecule has 12 nitrogen and oxygen atoms in total. The summed E-state index contributed by atoms with van der Waals surface area (Å²) in [5, 5.41) is 17.0. The third kappa shape index (κ3) is 6.12. The predicted octanol–water partition coefficient (Wildman–Crippen LogP) is 1.27. The van der Waals surface area contributed by atoms with E-state index in [9.17, 15) is 24.3 Å². The van der Waals surface area contributed by atoms with Gasteiger partial charge in [-0.15, -0.1) is 23.1 Å². The number of nitrogens with two attached hydrogens (primary N) is 1. The molecule has 14 heteroatoms. The number of aliphatic carboxylic acids is 1. The fraction of sp³-hybridized carbons (Fsp3) is 0.364. The number of aromatic nitrogens is 1. The Morgan fingerprint density at radius 3 is 2.72 bits per heavy atom. The molecule has 0 radical (unpaired) electrons. The zero-order valence-electron chi connectivity index (χ0n) is 19.7. The van der Waals surface area contributed by atoms with Crippen LogP contribution in [0.3, 0.4) is 0 Å². The quantitative estimate of drug-likeness (QED) is 0.104. The van der Waals surface area contributed by atoms with Crippen molar-refractivity contribution in [2.75, 3.05) is 18.1 Å². The summed E-state index contributed by atoms with van der Waals surface area (Å²) in [6, 6.07) is -0.975. The van der Waals surface area contributed by atoms with E-state index in [1.807, 2.05) is 0 Å². The molecule has 1 aromatic rings. The topological polar surface area (TPSA) is 174 Å². The molecule has 1 saturated heterocycles. The molecule has 2 atom stereocenters. The number of hydrogen-bond donors (Lipinski definition) is 3. The number of ether oxygens (including phenoxy) is 1. The van der Waals surface area contributed by atoms with E-state index in [-0.39, 0.29) is 28.8 Å². The van der Waals surface area contributed by atoms with Gasteiger partial charge in [-0.2, -0.15) is 0 Å². The van der Waals surface area contributed by atoms with Crippen LogP contribution in [0.25, 0.3) is 0 Å². The number of allylic oxidation sites excluding steroid dienone is 1. The van der Waals surface area contributed by atoms with Crippen LogP contribution in [-0.2, 0) is 28.8 Å². The van der Waals surface area contributed by atoms with Gasteiger partial charge in [0.05, 0.1) is 0 Å². The predicted molar refractivity (Wildman–Crippen MR) is 134 cm³/mol. The second kappa shape index (κ2) is 11.0. The van der Waals surface area contributed by atoms with E-state index in [2.05, 4.69) is 22.0 Å². The number of β-lactam (4-membered cyclic amide) rings is 1. The fourth-order valence-corrected chi connectivity index (χ4v) is 5.12. The average molecular weight is 536 g/mol. The maximum atomic E-state index is 13.0. The van der Waals surface area contributed by atoms with Crippen molar-refractivity contribution in [2.24, 2.45) is 5.16 Å². The van der Waals surface area contributed by atoms with Crippen LogP contribution in [0.4, 0.5) is 5.13 Å². The summed E-state index contributed by atoms with van der Waals surface area (Å²) in [5.41, 5.74) is 5.21. The van der Waals surface area contributed by atoms with Crippen LogP contribution in [-0.4, -0.2) is 73.8 Å². The lowest BCUT2D eigenvalue weighted by atomic mass is 10.0. The number of carboxylic acids is 1.